The van der Waals surface area contributed by atoms with Crippen molar-refractivity contribution in [1.29, 1.82) is 0 Å². The molecule has 0 amide bonds. The molecule has 2 aromatic heterocycles. The van der Waals surface area contributed by atoms with Crippen molar-refractivity contribution in [1.82, 2.24) is 9.13 Å². The van der Waals surface area contributed by atoms with E-state index in [0.717, 1.165) is 94.7 Å². The van der Waals surface area contributed by atoms with Crippen molar-refractivity contribution in [3.63, 3.8) is 0 Å². The van der Waals surface area contributed by atoms with Crippen molar-refractivity contribution in [2.75, 3.05) is 47.9 Å². The van der Waals surface area contributed by atoms with Crippen LogP contribution in [0.5, 0.6) is 0 Å². The second-order valence-corrected chi connectivity index (χ2v) is 19.5. The number of fused-ring (bicyclic) bond motifs is 2. The predicted molar refractivity (Wildman–Crippen MR) is 224 cm³/mol. The summed E-state index contributed by atoms with van der Waals surface area (Å²) in [6, 6.07) is 10.7. The van der Waals surface area contributed by atoms with Crippen LogP contribution in [0, 0.1) is 0 Å². The molecule has 4 aliphatic rings. The summed E-state index contributed by atoms with van der Waals surface area (Å²) in [7, 11) is -3.28. The average Bonchev–Trinajstić information content (AvgIpc) is 4.01. The van der Waals surface area contributed by atoms with Gasteiger partial charge in [-0.15, -0.1) is 11.6 Å². The van der Waals surface area contributed by atoms with E-state index in [-0.39, 0.29) is 39.6 Å². The van der Waals surface area contributed by atoms with Gasteiger partial charge in [0.25, 0.3) is 11.1 Å². The largest absolute Gasteiger partial charge is 0.394 e. The van der Waals surface area contributed by atoms with Crippen molar-refractivity contribution in [3.05, 3.63) is 104 Å². The number of sulfone groups is 2. The van der Waals surface area contributed by atoms with Gasteiger partial charge in [-0.2, -0.15) is 0 Å². The number of hydrogen-bond acceptors (Lipinski definition) is 9. The quantitative estimate of drug-likeness (QED) is 0.237. The molecule has 1 N–H and O–H groups in total. The maximum absolute atomic E-state index is 12.5. The summed E-state index contributed by atoms with van der Waals surface area (Å²) < 4.78 is 52.0. The number of benzene rings is 2. The monoisotopic (exact) mass is 818 g/mol. The predicted octanol–water partition coefficient (Wildman–Crippen LogP) is 5.22. The molecule has 0 radical (unpaired) electrons. The Hall–Kier alpha value is -4.43. The molecule has 2 unspecified atom stereocenters. The maximum atomic E-state index is 12.5. The molecular weight excluding hydrogens is 772 g/mol. The maximum Gasteiger partial charge on any atom is 0.254 e. The number of allylic oxidation sites excluding steroid dienone is 2. The molecule has 4 aromatic rings. The van der Waals surface area contributed by atoms with Gasteiger partial charge in [-0.05, 0) is 86.1 Å². The van der Waals surface area contributed by atoms with Gasteiger partial charge >= 0.3 is 0 Å². The van der Waals surface area contributed by atoms with Gasteiger partial charge in [-0.1, -0.05) is 24.3 Å². The number of alkyl halides is 1. The van der Waals surface area contributed by atoms with Crippen LogP contribution in [-0.4, -0.2) is 81.2 Å². The van der Waals surface area contributed by atoms with Crippen molar-refractivity contribution >= 4 is 54.8 Å². The lowest BCUT2D eigenvalue weighted by Crippen LogP contribution is -2.32. The fraction of sp³-hybridized carbons (Fsp3) is 0.381. The minimum Gasteiger partial charge on any atom is -0.394 e. The molecule has 4 heterocycles. The number of aromatic nitrogens is 2. The van der Waals surface area contributed by atoms with Crippen LogP contribution < -0.4 is 20.9 Å². The minimum absolute atomic E-state index is 0.00984. The van der Waals surface area contributed by atoms with E-state index in [0.29, 0.717) is 18.7 Å². The third-order valence-electron chi connectivity index (χ3n) is 11.4. The first kappa shape index (κ1) is 39.8. The molecule has 56 heavy (non-hydrogen) atoms. The highest BCUT2D eigenvalue weighted by Gasteiger charge is 2.30. The second-order valence-electron chi connectivity index (χ2n) is 15.1. The Morgan fingerprint density at radius 3 is 1.52 bits per heavy atom. The van der Waals surface area contributed by atoms with Crippen molar-refractivity contribution in [2.45, 2.75) is 60.4 Å². The van der Waals surface area contributed by atoms with Gasteiger partial charge in [0.05, 0.1) is 22.4 Å². The van der Waals surface area contributed by atoms with E-state index in [1.807, 2.05) is 42.6 Å². The zero-order valence-electron chi connectivity index (χ0n) is 32.0. The van der Waals surface area contributed by atoms with Gasteiger partial charge in [0.1, 0.15) is 0 Å². The molecule has 0 spiro atoms. The molecule has 0 saturated carbocycles. The number of rotatable bonds is 8. The number of nitrogens with zero attached hydrogens (tertiary/aromatic N) is 4. The van der Waals surface area contributed by atoms with Crippen LogP contribution in [-0.2, 0) is 46.6 Å². The molecule has 11 nitrogen and oxygen atoms in total. The highest BCUT2D eigenvalue weighted by molar-refractivity contribution is 7.91. The minimum atomic E-state index is -3.38. The van der Waals surface area contributed by atoms with Gasteiger partial charge in [0.2, 0.25) is 0 Å². The number of halogens is 1. The fourth-order valence-electron chi connectivity index (χ4n) is 8.50. The average molecular weight is 819 g/mol. The lowest BCUT2D eigenvalue weighted by Gasteiger charge is -2.28. The van der Waals surface area contributed by atoms with Gasteiger partial charge in [0.15, 0.2) is 19.7 Å². The van der Waals surface area contributed by atoms with Gasteiger partial charge in [0, 0.05) is 109 Å². The third-order valence-corrected chi connectivity index (χ3v) is 14.0. The summed E-state index contributed by atoms with van der Waals surface area (Å²) in [5.41, 5.74) is 8.39. The fourth-order valence-corrected chi connectivity index (χ4v) is 10.1. The summed E-state index contributed by atoms with van der Waals surface area (Å²) in [6.07, 6.45) is 19.0. The number of anilines is 2. The van der Waals surface area contributed by atoms with Crippen LogP contribution in [0.3, 0.4) is 0 Å². The van der Waals surface area contributed by atoms with E-state index in [1.54, 1.807) is 53.7 Å². The number of aryl methyl sites for hydroxylation is 2. The Bertz CT molecular complexity index is 2450. The normalized spacial score (nSPS) is 18.7. The first-order valence-electron chi connectivity index (χ1n) is 18.8. The van der Waals surface area contributed by atoms with Crippen molar-refractivity contribution in [3.8, 4) is 22.3 Å². The molecule has 2 aromatic carbocycles. The lowest BCUT2D eigenvalue weighted by molar-refractivity contribution is 0.266. The number of hydrogen-bond donors (Lipinski definition) is 1. The molecule has 2 saturated heterocycles. The van der Waals surface area contributed by atoms with Crippen LogP contribution >= 0.6 is 11.6 Å². The molecule has 2 atom stereocenters. The number of pyridine rings is 2. The molecule has 14 heteroatoms. The van der Waals surface area contributed by atoms with Crippen LogP contribution in [0.25, 0.3) is 34.4 Å². The van der Waals surface area contributed by atoms with Crippen LogP contribution in [0.1, 0.15) is 47.9 Å². The first-order chi connectivity index (χ1) is 26.6. The molecule has 2 fully saturated rings. The first-order valence-corrected chi connectivity index (χ1v) is 23.1. The van der Waals surface area contributed by atoms with E-state index in [9.17, 15) is 31.5 Å². The van der Waals surface area contributed by atoms with E-state index in [1.165, 1.54) is 12.5 Å². The van der Waals surface area contributed by atoms with Gasteiger partial charge < -0.3 is 24.0 Å². The molecule has 2 aliphatic heterocycles. The third kappa shape index (κ3) is 7.42. The Balaban J connectivity index is 0.000000172. The molecule has 0 bridgehead atoms. The van der Waals surface area contributed by atoms with Crippen molar-refractivity contribution in [2.24, 2.45) is 14.1 Å². The molecule has 296 valence electrons. The standard InChI is InChI=1S/C21H23ClN2O3S.C21H24N2O4S/c1-23-13-19(16-6-3-7-17(16)21(23)25)18-11-15(28(2,26)27)8-9-20(18)24-10-4-5-14(24)12-22;1-22-12-19(16-6-3-7-17(16)21(22)25)18-11-15(28(2,26)27)8-9-20(18)23-10-4-5-14(23)13-24/h3,6,8-9,11,13-14H,4-5,7,10,12H2,1-2H3;3,6,8-9,11-12,14,24H,4-5,7,10,13H2,1-2H3. The zero-order chi connectivity index (χ0) is 40.1. The Morgan fingerprint density at radius 2 is 1.11 bits per heavy atom. The molecule has 2 aliphatic carbocycles. The van der Waals surface area contributed by atoms with Gasteiger partial charge in [-0.25, -0.2) is 16.8 Å². The molecular formula is C42H47ClN4O7S2. The SMILES string of the molecule is Cn1cc(-c2cc(S(C)(=O)=O)ccc2N2CCCC2CCl)c2c(c1=O)CC=C2.Cn1cc(-c2cc(S(C)(=O)=O)ccc2N2CCCC2CO)c2c(c1=O)CC=C2. The highest BCUT2D eigenvalue weighted by Crippen LogP contribution is 2.41. The molecule has 8 rings (SSSR count). The second kappa shape index (κ2) is 15.5. The topological polar surface area (TPSA) is 139 Å². The summed E-state index contributed by atoms with van der Waals surface area (Å²) in [4.78, 5) is 29.9. The zero-order valence-corrected chi connectivity index (χ0v) is 34.4. The highest BCUT2D eigenvalue weighted by atomic mass is 35.5. The lowest BCUT2D eigenvalue weighted by atomic mass is 9.97. The van der Waals surface area contributed by atoms with E-state index in [2.05, 4.69) is 9.80 Å². The summed E-state index contributed by atoms with van der Waals surface area (Å²) in [5.74, 6) is 0.526. The van der Waals surface area contributed by atoms with Crippen LogP contribution in [0.4, 0.5) is 11.4 Å². The summed E-state index contributed by atoms with van der Waals surface area (Å²) >= 11 is 6.20. The van der Waals surface area contributed by atoms with E-state index < -0.39 is 19.7 Å². The van der Waals surface area contributed by atoms with Crippen molar-refractivity contribution < 1.29 is 21.9 Å². The Kier molecular flexibility index (Phi) is 11.0. The summed E-state index contributed by atoms with van der Waals surface area (Å²) in [6.45, 7) is 1.74. The Labute approximate surface area is 333 Å². The van der Waals surface area contributed by atoms with E-state index >= 15 is 0 Å². The number of aliphatic hydroxyl groups excluding tert-OH is 1. The van der Waals surface area contributed by atoms with Crippen LogP contribution in [0.15, 0.2) is 80.3 Å². The summed E-state index contributed by atoms with van der Waals surface area (Å²) in [5, 5.41) is 9.78. The Morgan fingerprint density at radius 1 is 0.679 bits per heavy atom. The van der Waals surface area contributed by atoms with E-state index in [4.69, 9.17) is 11.6 Å². The van der Waals surface area contributed by atoms with Gasteiger partial charge in [-0.3, -0.25) is 9.59 Å². The smallest absolute Gasteiger partial charge is 0.254 e. The van der Waals surface area contributed by atoms with Crippen LogP contribution in [0.2, 0.25) is 0 Å². The number of aliphatic hydroxyl groups is 1.